The van der Waals surface area contributed by atoms with E-state index in [1.165, 1.54) is 12.8 Å². The van der Waals surface area contributed by atoms with Gasteiger partial charge in [0.1, 0.15) is 5.82 Å². The molecule has 0 spiro atoms. The van der Waals surface area contributed by atoms with Crippen LogP contribution in [0.15, 0.2) is 85.1 Å². The third-order valence-electron chi connectivity index (χ3n) is 7.01. The van der Waals surface area contributed by atoms with Gasteiger partial charge in [0, 0.05) is 35.1 Å². The van der Waals surface area contributed by atoms with E-state index in [9.17, 15) is 4.79 Å². The summed E-state index contributed by atoms with van der Waals surface area (Å²) in [6.07, 6.45) is 4.19. The van der Waals surface area contributed by atoms with E-state index in [1.54, 1.807) is 13.3 Å². The number of nitrogens with one attached hydrogen (secondary N) is 2. The van der Waals surface area contributed by atoms with Crippen molar-refractivity contribution in [2.45, 2.75) is 19.4 Å². The number of H-pyrrole nitrogens is 1. The first-order valence-corrected chi connectivity index (χ1v) is 12.9. The molecule has 6 rings (SSSR count). The minimum absolute atomic E-state index is 0.143. The smallest absolute Gasteiger partial charge is 0.255 e. The van der Waals surface area contributed by atoms with Gasteiger partial charge in [-0.3, -0.25) is 9.69 Å². The SMILES string of the molecule is COc1ncccc1-c1cccc(-c2nc3cc(C(=O)Nc4ccccc4CN4CCCC4)ccc3[nH]2)c1. The van der Waals surface area contributed by atoms with Crippen LogP contribution in [0.2, 0.25) is 0 Å². The lowest BCUT2D eigenvalue weighted by Crippen LogP contribution is -2.20. The number of hydrogen-bond donors (Lipinski definition) is 2. The van der Waals surface area contributed by atoms with Crippen molar-refractivity contribution < 1.29 is 9.53 Å². The van der Waals surface area contributed by atoms with Gasteiger partial charge in [-0.2, -0.15) is 0 Å². The first-order valence-electron chi connectivity index (χ1n) is 12.9. The number of carbonyl (C=O) groups is 1. The quantitative estimate of drug-likeness (QED) is 0.278. The zero-order valence-corrected chi connectivity index (χ0v) is 21.3. The molecule has 0 atom stereocenters. The number of anilines is 1. The molecule has 190 valence electrons. The number of para-hydroxylation sites is 1. The molecule has 1 amide bonds. The van der Waals surface area contributed by atoms with Gasteiger partial charge >= 0.3 is 0 Å². The number of fused-ring (bicyclic) bond motifs is 1. The molecule has 1 aliphatic rings. The molecule has 0 saturated carbocycles. The highest BCUT2D eigenvalue weighted by Gasteiger charge is 2.16. The number of aromatic nitrogens is 3. The molecule has 0 aliphatic carbocycles. The molecule has 0 radical (unpaired) electrons. The zero-order valence-electron chi connectivity index (χ0n) is 21.3. The predicted octanol–water partition coefficient (Wildman–Crippen LogP) is 6.15. The molecular weight excluding hydrogens is 474 g/mol. The fraction of sp³-hybridized carbons (Fsp3) is 0.194. The summed E-state index contributed by atoms with van der Waals surface area (Å²) in [7, 11) is 1.62. The largest absolute Gasteiger partial charge is 0.481 e. The number of methoxy groups -OCH3 is 1. The van der Waals surface area contributed by atoms with E-state index in [-0.39, 0.29) is 5.91 Å². The number of carbonyl (C=O) groups excluding carboxylic acids is 1. The van der Waals surface area contributed by atoms with Crippen molar-refractivity contribution in [1.29, 1.82) is 0 Å². The average Bonchev–Trinajstić information content (AvgIpc) is 3.64. The summed E-state index contributed by atoms with van der Waals surface area (Å²) in [4.78, 5) is 28.1. The minimum Gasteiger partial charge on any atom is -0.481 e. The Balaban J connectivity index is 1.25. The number of aromatic amines is 1. The van der Waals surface area contributed by atoms with Crippen molar-refractivity contribution in [3.63, 3.8) is 0 Å². The molecular formula is C31H29N5O2. The molecule has 1 fully saturated rings. The number of nitrogens with zero attached hydrogens (tertiary/aromatic N) is 3. The van der Waals surface area contributed by atoms with E-state index in [0.29, 0.717) is 11.4 Å². The monoisotopic (exact) mass is 503 g/mol. The van der Waals surface area contributed by atoms with E-state index in [1.807, 2.05) is 66.7 Å². The number of likely N-dealkylation sites (tertiary alicyclic amines) is 1. The average molecular weight is 504 g/mol. The Morgan fingerprint density at radius 3 is 2.68 bits per heavy atom. The lowest BCUT2D eigenvalue weighted by Gasteiger charge is -2.17. The topological polar surface area (TPSA) is 83.1 Å². The summed E-state index contributed by atoms with van der Waals surface area (Å²) in [5, 5.41) is 3.12. The van der Waals surface area contributed by atoms with Gasteiger partial charge in [-0.05, 0) is 79.5 Å². The second-order valence-corrected chi connectivity index (χ2v) is 9.55. The maximum atomic E-state index is 13.2. The van der Waals surface area contributed by atoms with Crippen LogP contribution in [0.3, 0.4) is 0 Å². The number of benzene rings is 3. The van der Waals surface area contributed by atoms with Crippen LogP contribution in [0.25, 0.3) is 33.5 Å². The van der Waals surface area contributed by atoms with Crippen LogP contribution in [-0.4, -0.2) is 46.0 Å². The summed E-state index contributed by atoms with van der Waals surface area (Å²) in [5.41, 5.74) is 7.01. The van der Waals surface area contributed by atoms with Crippen molar-refractivity contribution in [1.82, 2.24) is 19.9 Å². The van der Waals surface area contributed by atoms with E-state index < -0.39 is 0 Å². The molecule has 0 bridgehead atoms. The Kier molecular flexibility index (Phi) is 6.58. The minimum atomic E-state index is -0.143. The standard InChI is InChI=1S/C31H29N5O2/c1-38-31-25(11-7-15-32-31)21-9-6-10-22(18-21)29-33-27-14-13-23(19-28(27)34-29)30(37)35-26-12-3-2-8-24(26)20-36-16-4-5-17-36/h2-3,6-15,18-19H,4-5,16-17,20H2,1H3,(H,33,34)(H,35,37). The first kappa shape index (κ1) is 23.9. The fourth-order valence-electron chi connectivity index (χ4n) is 5.05. The Hall–Kier alpha value is -4.49. The van der Waals surface area contributed by atoms with Crippen LogP contribution in [0.5, 0.6) is 5.88 Å². The van der Waals surface area contributed by atoms with Crippen molar-refractivity contribution >= 4 is 22.6 Å². The summed E-state index contributed by atoms with van der Waals surface area (Å²) in [5.74, 6) is 1.17. The molecule has 3 aromatic carbocycles. The summed E-state index contributed by atoms with van der Waals surface area (Å²) in [6.45, 7) is 3.07. The highest BCUT2D eigenvalue weighted by Crippen LogP contribution is 2.31. The lowest BCUT2D eigenvalue weighted by molar-refractivity contribution is 0.102. The summed E-state index contributed by atoms with van der Waals surface area (Å²) >= 11 is 0. The van der Waals surface area contributed by atoms with E-state index in [2.05, 4.69) is 32.3 Å². The Morgan fingerprint density at radius 2 is 1.82 bits per heavy atom. The van der Waals surface area contributed by atoms with E-state index >= 15 is 0 Å². The van der Waals surface area contributed by atoms with Gasteiger partial charge in [0.15, 0.2) is 0 Å². The second kappa shape index (κ2) is 10.5. The normalized spacial score (nSPS) is 13.6. The van der Waals surface area contributed by atoms with Gasteiger partial charge in [0.2, 0.25) is 5.88 Å². The Labute approximate surface area is 221 Å². The molecule has 7 heteroatoms. The fourth-order valence-corrected chi connectivity index (χ4v) is 5.05. The van der Waals surface area contributed by atoms with Crippen LogP contribution in [0.1, 0.15) is 28.8 Å². The number of ether oxygens (including phenoxy) is 1. The van der Waals surface area contributed by atoms with Gasteiger partial charge in [-0.15, -0.1) is 0 Å². The summed E-state index contributed by atoms with van der Waals surface area (Å²) < 4.78 is 5.44. The van der Waals surface area contributed by atoms with Crippen LogP contribution < -0.4 is 10.1 Å². The first-order chi connectivity index (χ1) is 18.7. The predicted molar refractivity (Wildman–Crippen MR) is 150 cm³/mol. The third-order valence-corrected chi connectivity index (χ3v) is 7.01. The highest BCUT2D eigenvalue weighted by molar-refractivity contribution is 6.06. The van der Waals surface area contributed by atoms with Gasteiger partial charge in [0.05, 0.1) is 18.1 Å². The van der Waals surface area contributed by atoms with Crippen LogP contribution in [0.4, 0.5) is 5.69 Å². The van der Waals surface area contributed by atoms with E-state index in [4.69, 9.17) is 9.72 Å². The molecule has 2 aromatic heterocycles. The van der Waals surface area contributed by atoms with Gasteiger partial charge in [-0.25, -0.2) is 9.97 Å². The van der Waals surface area contributed by atoms with E-state index in [0.717, 1.165) is 64.4 Å². The molecule has 5 aromatic rings. The number of hydrogen-bond acceptors (Lipinski definition) is 5. The summed E-state index contributed by atoms with van der Waals surface area (Å²) in [6, 6.07) is 25.6. The second-order valence-electron chi connectivity index (χ2n) is 9.55. The van der Waals surface area contributed by atoms with Crippen molar-refractivity contribution in [3.8, 4) is 28.4 Å². The zero-order chi connectivity index (χ0) is 25.9. The molecule has 38 heavy (non-hydrogen) atoms. The molecule has 2 N–H and O–H groups in total. The number of pyridine rings is 1. The molecule has 3 heterocycles. The molecule has 1 aliphatic heterocycles. The maximum Gasteiger partial charge on any atom is 0.255 e. The van der Waals surface area contributed by atoms with Gasteiger partial charge in [0.25, 0.3) is 5.91 Å². The molecule has 0 unspecified atom stereocenters. The Morgan fingerprint density at radius 1 is 0.974 bits per heavy atom. The van der Waals surface area contributed by atoms with Crippen molar-refractivity contribution in [2.75, 3.05) is 25.5 Å². The third kappa shape index (κ3) is 4.88. The van der Waals surface area contributed by atoms with Crippen molar-refractivity contribution in [2.24, 2.45) is 0 Å². The lowest BCUT2D eigenvalue weighted by atomic mass is 10.0. The number of rotatable bonds is 7. The van der Waals surface area contributed by atoms with Crippen LogP contribution in [0, 0.1) is 0 Å². The number of imidazole rings is 1. The molecule has 7 nitrogen and oxygen atoms in total. The van der Waals surface area contributed by atoms with Crippen LogP contribution in [-0.2, 0) is 6.54 Å². The van der Waals surface area contributed by atoms with Crippen LogP contribution >= 0.6 is 0 Å². The number of amides is 1. The van der Waals surface area contributed by atoms with Crippen molar-refractivity contribution in [3.05, 3.63) is 96.2 Å². The van der Waals surface area contributed by atoms with Gasteiger partial charge < -0.3 is 15.0 Å². The highest BCUT2D eigenvalue weighted by atomic mass is 16.5. The molecule has 1 saturated heterocycles. The maximum absolute atomic E-state index is 13.2. The van der Waals surface area contributed by atoms with Gasteiger partial charge in [-0.1, -0.05) is 36.4 Å². The Bertz CT molecular complexity index is 1600.